The molecule has 0 aliphatic carbocycles. The molecule has 0 N–H and O–H groups in total. The second-order valence-corrected chi connectivity index (χ2v) is 0. The van der Waals surface area contributed by atoms with Crippen LogP contribution in [-0.2, 0) is 71.3 Å². The third kappa shape index (κ3) is 58.0. The van der Waals surface area contributed by atoms with Crippen molar-refractivity contribution >= 4 is 26.2 Å². The zero-order valence-electron chi connectivity index (χ0n) is 2.77. The Hall–Kier alpha value is 2.48. The summed E-state index contributed by atoms with van der Waals surface area (Å²) in [5.41, 5.74) is 0. The smallest absolute Gasteiger partial charge is 2.00 e. The van der Waals surface area contributed by atoms with Gasteiger partial charge in [-0.25, -0.2) is 0 Å². The Morgan fingerprint density at radius 2 is 0.714 bits per heavy atom. The van der Waals surface area contributed by atoms with E-state index in [1.54, 1.807) is 0 Å². The average molecular weight is 468 g/mol. The van der Waals surface area contributed by atoms with Crippen molar-refractivity contribution in [3.63, 3.8) is 0 Å². The minimum Gasteiger partial charge on any atom is -2.00 e. The summed E-state index contributed by atoms with van der Waals surface area (Å²) in [7, 11) is 0. The molecule has 0 spiro atoms. The molecule has 46 valence electrons. The number of hydrogen-bond acceptors (Lipinski definition) is 0. The van der Waals surface area contributed by atoms with Crippen molar-refractivity contribution in [3.8, 4) is 0 Å². The van der Waals surface area contributed by atoms with Crippen LogP contribution in [0.5, 0.6) is 0 Å². The second kappa shape index (κ2) is 77.2. The maximum absolute atomic E-state index is 0. The van der Waals surface area contributed by atoms with Crippen molar-refractivity contribution in [3.05, 3.63) is 0 Å². The maximum Gasteiger partial charge on any atom is 6.00 e. The first kappa shape index (κ1) is 111. The summed E-state index contributed by atoms with van der Waals surface area (Å²) in [4.78, 5) is 0. The minimum absolute atomic E-state index is 0. The van der Waals surface area contributed by atoms with Gasteiger partial charge in [0.15, 0.2) is 0 Å². The van der Waals surface area contributed by atoms with Crippen molar-refractivity contribution in [2.45, 2.75) is 0 Å². The Bertz CT molecular complexity index is 14.9. The van der Waals surface area contributed by atoms with Crippen LogP contribution in [0.2, 0.25) is 0 Å². The molecule has 0 fully saturated rings. The Labute approximate surface area is 96.4 Å². The molecule has 0 aromatic heterocycles. The van der Waals surface area contributed by atoms with Gasteiger partial charge in [-0.05, 0) is 0 Å². The van der Waals surface area contributed by atoms with Crippen LogP contribution in [0.1, 0.15) is 0 Å². The Balaban J connectivity index is 0. The first-order valence-corrected chi connectivity index (χ1v) is 0. The van der Waals surface area contributed by atoms with E-state index >= 15 is 0 Å². The first-order chi connectivity index (χ1) is 0. The molecular formula is BiCoFeMoO3. The van der Waals surface area contributed by atoms with Crippen LogP contribution in [0, 0.1) is 0 Å². The van der Waals surface area contributed by atoms with E-state index in [2.05, 4.69) is 0 Å². The average Bonchev–Trinajstić information content (AvgIpc) is 0. The third-order valence-electron chi connectivity index (χ3n) is 0. The Kier molecular flexibility index (Phi) is 1220. The number of rotatable bonds is 0. The van der Waals surface area contributed by atoms with Crippen molar-refractivity contribution in [1.29, 1.82) is 0 Å². The van der Waals surface area contributed by atoms with Gasteiger partial charge in [0.2, 0.25) is 0 Å². The second-order valence-electron chi connectivity index (χ2n) is 0. The predicted molar refractivity (Wildman–Crippen MR) is 7.81 cm³/mol. The van der Waals surface area contributed by atoms with Crippen LogP contribution < -0.4 is 0 Å². The Morgan fingerprint density at radius 3 is 0.714 bits per heavy atom. The van der Waals surface area contributed by atoms with Crippen LogP contribution in [0.4, 0.5) is 0 Å². The molecule has 4 radical (unpaired) electrons. The van der Waals surface area contributed by atoms with E-state index < -0.39 is 0 Å². The fraction of sp³-hybridized carbons (Fsp3) is 0. The molecule has 3 nitrogen and oxygen atoms in total. The molecule has 0 heterocycles. The van der Waals surface area contributed by atoms with Gasteiger partial charge in [0.25, 0.3) is 0 Å². The normalized spacial score (nSPS) is 0. The van der Waals surface area contributed by atoms with Crippen LogP contribution in [-0.4, -0.2) is 26.2 Å². The van der Waals surface area contributed by atoms with E-state index in [0.717, 1.165) is 0 Å². The summed E-state index contributed by atoms with van der Waals surface area (Å²) in [6.45, 7) is 0. The van der Waals surface area contributed by atoms with E-state index in [-0.39, 0.29) is 97.5 Å². The molecule has 0 rings (SSSR count). The summed E-state index contributed by atoms with van der Waals surface area (Å²) in [5.74, 6) is 0. The van der Waals surface area contributed by atoms with Crippen LogP contribution in [0.25, 0.3) is 0 Å². The van der Waals surface area contributed by atoms with Gasteiger partial charge in [0.05, 0.1) is 0 Å². The Morgan fingerprint density at radius 1 is 0.714 bits per heavy atom. The van der Waals surface area contributed by atoms with Crippen LogP contribution in [0.3, 0.4) is 0 Å². The summed E-state index contributed by atoms with van der Waals surface area (Å²) in [6, 6.07) is 0. The van der Waals surface area contributed by atoms with E-state index in [1.807, 2.05) is 0 Å². The van der Waals surface area contributed by atoms with Crippen molar-refractivity contribution in [2.24, 2.45) is 0 Å². The van der Waals surface area contributed by atoms with Crippen molar-refractivity contribution in [1.82, 2.24) is 0 Å². The molecule has 0 saturated carbocycles. The summed E-state index contributed by atoms with van der Waals surface area (Å²) >= 11 is 0. The van der Waals surface area contributed by atoms with E-state index in [9.17, 15) is 0 Å². The molecule has 0 bridgehead atoms. The molecule has 0 unspecified atom stereocenters. The fourth-order valence-electron chi connectivity index (χ4n) is 0. The van der Waals surface area contributed by atoms with Gasteiger partial charge < -0.3 is 16.4 Å². The molecule has 0 saturated heterocycles. The molecule has 0 aromatic rings. The van der Waals surface area contributed by atoms with Crippen molar-refractivity contribution < 1.29 is 71.3 Å². The van der Waals surface area contributed by atoms with Crippen molar-refractivity contribution in [2.75, 3.05) is 0 Å². The maximum atomic E-state index is 0. The van der Waals surface area contributed by atoms with Gasteiger partial charge in [0.1, 0.15) is 0 Å². The van der Waals surface area contributed by atoms with Crippen LogP contribution in [0.15, 0.2) is 0 Å². The van der Waals surface area contributed by atoms with E-state index in [4.69, 9.17) is 0 Å². The largest absolute Gasteiger partial charge is 6.00 e. The summed E-state index contributed by atoms with van der Waals surface area (Å²) in [6.07, 6.45) is 0. The molecular weight excluding hydrogens is 468 g/mol. The van der Waals surface area contributed by atoms with Gasteiger partial charge in [-0.15, -0.1) is 0 Å². The minimum atomic E-state index is 0. The van der Waals surface area contributed by atoms with Gasteiger partial charge in [-0.3, -0.25) is 0 Å². The zero-order valence-corrected chi connectivity index (χ0v) is 10.4. The SMILES string of the molecule is [Bi].[Co].[Fe].[Mo+6].[O-2].[O-2].[O-2]. The summed E-state index contributed by atoms with van der Waals surface area (Å²) in [5, 5.41) is 0. The zero-order chi connectivity index (χ0) is 0. The van der Waals surface area contributed by atoms with Gasteiger partial charge in [-0.1, -0.05) is 0 Å². The van der Waals surface area contributed by atoms with Gasteiger partial charge in [0, 0.05) is 60.1 Å². The number of hydrogen-bond donors (Lipinski definition) is 0. The molecule has 0 aromatic carbocycles. The molecule has 0 atom stereocenters. The first-order valence-electron chi connectivity index (χ1n) is 0. The third-order valence-corrected chi connectivity index (χ3v) is 0. The summed E-state index contributed by atoms with van der Waals surface area (Å²) < 4.78 is 0. The quantitative estimate of drug-likeness (QED) is 0.420. The predicted octanol–water partition coefficient (Wildman–Crippen LogP) is -0.745. The molecule has 7 heavy (non-hydrogen) atoms. The van der Waals surface area contributed by atoms with E-state index in [0.29, 0.717) is 0 Å². The van der Waals surface area contributed by atoms with Gasteiger partial charge in [-0.2, -0.15) is 0 Å². The van der Waals surface area contributed by atoms with E-state index in [1.165, 1.54) is 0 Å². The fourth-order valence-corrected chi connectivity index (χ4v) is 0. The van der Waals surface area contributed by atoms with Crippen LogP contribution >= 0.6 is 0 Å². The van der Waals surface area contributed by atoms with Gasteiger partial charge >= 0.3 is 21.1 Å². The molecule has 7 heteroatoms. The molecule has 0 amide bonds. The topological polar surface area (TPSA) is 85.5 Å². The molecule has 0 aliphatic rings. The monoisotopic (exact) mass is 470 g/mol. The molecule has 0 aliphatic heterocycles. The standard InChI is InChI=1S/Bi.Co.Fe.Mo.3O/q;;;+6;3*-2.